The Bertz CT molecular complexity index is 552. The van der Waals surface area contributed by atoms with E-state index in [1.165, 1.54) is 11.8 Å². The summed E-state index contributed by atoms with van der Waals surface area (Å²) in [7, 11) is 1.86. The summed E-state index contributed by atoms with van der Waals surface area (Å²) in [5, 5.41) is 13.9. The van der Waals surface area contributed by atoms with E-state index in [-0.39, 0.29) is 23.5 Å². The van der Waals surface area contributed by atoms with Crippen LogP contribution in [0.1, 0.15) is 51.7 Å². The Morgan fingerprint density at radius 2 is 1.92 bits per heavy atom. The first-order chi connectivity index (χ1) is 11.1. The van der Waals surface area contributed by atoms with Gasteiger partial charge in [-0.1, -0.05) is 46.4 Å². The number of aromatic nitrogens is 2. The van der Waals surface area contributed by atoms with Crippen LogP contribution in [0.5, 0.6) is 0 Å². The SMILES string of the molecule is CNCCSc1nnc(C(=O)[C@H](CC(C)C)NC(=O)C(C)(C)C)o1. The Kier molecular flexibility index (Phi) is 7.89. The van der Waals surface area contributed by atoms with E-state index in [0.717, 1.165) is 12.3 Å². The molecule has 7 nitrogen and oxygen atoms in total. The third-order valence-corrected chi connectivity index (χ3v) is 4.03. The Labute approximate surface area is 147 Å². The largest absolute Gasteiger partial charge is 0.408 e. The number of nitrogens with one attached hydrogen (secondary N) is 2. The summed E-state index contributed by atoms with van der Waals surface area (Å²) in [6.07, 6.45) is 0.519. The Balaban J connectivity index is 2.82. The van der Waals surface area contributed by atoms with E-state index in [0.29, 0.717) is 11.6 Å². The number of carbonyl (C=O) groups excluding carboxylic acids is 2. The van der Waals surface area contributed by atoms with Crippen LogP contribution in [0.25, 0.3) is 0 Å². The molecule has 0 aromatic carbocycles. The van der Waals surface area contributed by atoms with Crippen LogP contribution in [0.15, 0.2) is 9.64 Å². The van der Waals surface area contributed by atoms with Crippen molar-refractivity contribution in [1.82, 2.24) is 20.8 Å². The number of hydrogen-bond acceptors (Lipinski definition) is 7. The van der Waals surface area contributed by atoms with Gasteiger partial charge >= 0.3 is 0 Å². The fourth-order valence-electron chi connectivity index (χ4n) is 1.83. The van der Waals surface area contributed by atoms with Crippen LogP contribution in [0, 0.1) is 11.3 Å². The highest BCUT2D eigenvalue weighted by atomic mass is 32.2. The zero-order valence-electron chi connectivity index (χ0n) is 15.3. The third kappa shape index (κ3) is 6.60. The van der Waals surface area contributed by atoms with E-state index in [1.807, 2.05) is 41.7 Å². The van der Waals surface area contributed by atoms with Crippen LogP contribution in [-0.2, 0) is 4.79 Å². The molecule has 1 amide bonds. The van der Waals surface area contributed by atoms with Gasteiger partial charge in [0, 0.05) is 17.7 Å². The van der Waals surface area contributed by atoms with Crippen molar-refractivity contribution in [2.45, 2.75) is 52.3 Å². The minimum Gasteiger partial charge on any atom is -0.408 e. The lowest BCUT2D eigenvalue weighted by Gasteiger charge is -2.23. The molecule has 1 aromatic heterocycles. The Morgan fingerprint density at radius 1 is 1.25 bits per heavy atom. The summed E-state index contributed by atoms with van der Waals surface area (Å²) >= 11 is 1.38. The molecule has 0 unspecified atom stereocenters. The van der Waals surface area contributed by atoms with E-state index < -0.39 is 11.5 Å². The first kappa shape index (κ1) is 20.6. The van der Waals surface area contributed by atoms with Gasteiger partial charge in [0.05, 0.1) is 6.04 Å². The predicted octanol–water partition coefficient (Wildman–Crippen LogP) is 2.14. The number of thioether (sulfide) groups is 1. The van der Waals surface area contributed by atoms with E-state index in [9.17, 15) is 9.59 Å². The molecule has 0 spiro atoms. The van der Waals surface area contributed by atoms with Gasteiger partial charge in [-0.3, -0.25) is 9.59 Å². The van der Waals surface area contributed by atoms with E-state index >= 15 is 0 Å². The lowest BCUT2D eigenvalue weighted by molar-refractivity contribution is -0.129. The predicted molar refractivity (Wildman–Crippen MR) is 94.1 cm³/mol. The number of ketones is 1. The molecule has 1 heterocycles. The summed E-state index contributed by atoms with van der Waals surface area (Å²) in [4.78, 5) is 24.9. The number of hydrogen-bond donors (Lipinski definition) is 2. The average Bonchev–Trinajstić information content (AvgIpc) is 2.93. The van der Waals surface area contributed by atoms with Crippen molar-refractivity contribution in [2.24, 2.45) is 11.3 Å². The number of Topliss-reactive ketones (excluding diaryl/α,β-unsaturated/α-hetero) is 1. The van der Waals surface area contributed by atoms with Crippen molar-refractivity contribution in [1.29, 1.82) is 0 Å². The highest BCUT2D eigenvalue weighted by molar-refractivity contribution is 7.99. The second kappa shape index (κ2) is 9.17. The molecule has 1 atom stereocenters. The Hall–Kier alpha value is -1.41. The smallest absolute Gasteiger partial charge is 0.286 e. The van der Waals surface area contributed by atoms with Crippen molar-refractivity contribution >= 4 is 23.5 Å². The highest BCUT2D eigenvalue weighted by Gasteiger charge is 2.31. The minimum absolute atomic E-state index is 0.0539. The first-order valence-electron chi connectivity index (χ1n) is 8.11. The maximum Gasteiger partial charge on any atom is 0.286 e. The van der Waals surface area contributed by atoms with Crippen LogP contribution in [0.2, 0.25) is 0 Å². The van der Waals surface area contributed by atoms with Crippen molar-refractivity contribution in [2.75, 3.05) is 19.3 Å². The van der Waals surface area contributed by atoms with E-state index in [1.54, 1.807) is 0 Å². The molecule has 1 aromatic rings. The monoisotopic (exact) mass is 356 g/mol. The van der Waals surface area contributed by atoms with Crippen molar-refractivity contribution in [3.63, 3.8) is 0 Å². The molecule has 0 radical (unpaired) electrons. The fourth-order valence-corrected chi connectivity index (χ4v) is 2.55. The zero-order chi connectivity index (χ0) is 18.3. The third-order valence-electron chi connectivity index (χ3n) is 3.20. The number of amides is 1. The lowest BCUT2D eigenvalue weighted by atomic mass is 9.93. The molecular formula is C16H28N4O3S. The summed E-state index contributed by atoms with van der Waals surface area (Å²) < 4.78 is 5.43. The molecule has 0 fully saturated rings. The van der Waals surface area contributed by atoms with Gasteiger partial charge in [0.1, 0.15) is 0 Å². The fraction of sp³-hybridized carbons (Fsp3) is 0.750. The minimum atomic E-state index is -0.660. The quantitative estimate of drug-likeness (QED) is 0.397. The molecule has 0 aliphatic rings. The first-order valence-corrected chi connectivity index (χ1v) is 9.09. The molecule has 1 rings (SSSR count). The summed E-state index contributed by atoms with van der Waals surface area (Å²) in [5.41, 5.74) is -0.571. The molecule has 136 valence electrons. The van der Waals surface area contributed by atoms with Crippen LogP contribution >= 0.6 is 11.8 Å². The van der Waals surface area contributed by atoms with Gasteiger partial charge in [-0.15, -0.1) is 10.2 Å². The van der Waals surface area contributed by atoms with Gasteiger partial charge in [0.15, 0.2) is 0 Å². The van der Waals surface area contributed by atoms with E-state index in [4.69, 9.17) is 4.42 Å². The van der Waals surface area contributed by atoms with Gasteiger partial charge in [0.25, 0.3) is 11.1 Å². The summed E-state index contributed by atoms with van der Waals surface area (Å²) in [6, 6.07) is -0.660. The second-order valence-electron chi connectivity index (χ2n) is 7.09. The molecule has 0 aliphatic heterocycles. The Morgan fingerprint density at radius 3 is 2.46 bits per heavy atom. The highest BCUT2D eigenvalue weighted by Crippen LogP contribution is 2.19. The number of carbonyl (C=O) groups is 2. The van der Waals surface area contributed by atoms with Gasteiger partial charge in [-0.2, -0.15) is 0 Å². The molecule has 24 heavy (non-hydrogen) atoms. The van der Waals surface area contributed by atoms with Crippen molar-refractivity contribution in [3.05, 3.63) is 5.89 Å². The maximum atomic E-state index is 12.7. The number of rotatable bonds is 9. The van der Waals surface area contributed by atoms with Crippen LogP contribution in [0.4, 0.5) is 0 Å². The molecular weight excluding hydrogens is 328 g/mol. The van der Waals surface area contributed by atoms with Gasteiger partial charge in [-0.05, 0) is 19.4 Å². The average molecular weight is 356 g/mol. The molecule has 0 saturated carbocycles. The van der Waals surface area contributed by atoms with Crippen molar-refractivity contribution in [3.8, 4) is 0 Å². The van der Waals surface area contributed by atoms with Gasteiger partial charge in [0.2, 0.25) is 11.7 Å². The molecule has 8 heteroatoms. The van der Waals surface area contributed by atoms with Crippen LogP contribution in [-0.4, -0.2) is 47.3 Å². The van der Waals surface area contributed by atoms with Crippen LogP contribution < -0.4 is 10.6 Å². The number of nitrogens with zero attached hydrogens (tertiary/aromatic N) is 2. The van der Waals surface area contributed by atoms with E-state index in [2.05, 4.69) is 20.8 Å². The standard InChI is InChI=1S/C16H28N4O3S/c1-10(2)9-11(18-14(22)16(3,4)5)12(21)13-19-20-15(23-13)24-8-7-17-6/h10-11,17H,7-9H2,1-6H3,(H,18,22)/t11-/m0/s1. The summed E-state index contributed by atoms with van der Waals surface area (Å²) in [6.45, 7) is 10.2. The zero-order valence-corrected chi connectivity index (χ0v) is 16.1. The van der Waals surface area contributed by atoms with Crippen molar-refractivity contribution < 1.29 is 14.0 Å². The molecule has 0 bridgehead atoms. The molecule has 0 saturated heterocycles. The second-order valence-corrected chi connectivity index (χ2v) is 8.14. The topological polar surface area (TPSA) is 97.1 Å². The van der Waals surface area contributed by atoms with Gasteiger partial charge < -0.3 is 15.1 Å². The summed E-state index contributed by atoms with van der Waals surface area (Å²) in [5.74, 6) is 0.440. The van der Waals surface area contributed by atoms with Gasteiger partial charge in [-0.25, -0.2) is 0 Å². The lowest BCUT2D eigenvalue weighted by Crippen LogP contribution is -2.46. The normalized spacial score (nSPS) is 13.1. The molecule has 0 aliphatic carbocycles. The maximum absolute atomic E-state index is 12.7. The molecule has 2 N–H and O–H groups in total. The van der Waals surface area contributed by atoms with Crippen LogP contribution in [0.3, 0.4) is 0 Å².